The number of unbranched alkanes of at least 4 members (excludes halogenated alkanes) is 1. The number of nitrogens with two attached hydrogens (primary N) is 2. The minimum Gasteiger partial charge on any atom is -0.366 e. The number of hydrogen-bond acceptors (Lipinski definition) is 5. The van der Waals surface area contributed by atoms with Crippen LogP contribution in [0.4, 0.5) is 0 Å². The largest absolute Gasteiger partial charge is 0.366 e. The molecular formula is C29H33N8O3+. The lowest BCUT2D eigenvalue weighted by Gasteiger charge is -2.32. The van der Waals surface area contributed by atoms with Gasteiger partial charge in [-0.2, -0.15) is 4.68 Å². The molecule has 0 saturated carbocycles. The van der Waals surface area contributed by atoms with Gasteiger partial charge in [-0.15, -0.1) is 0 Å². The van der Waals surface area contributed by atoms with E-state index in [2.05, 4.69) is 20.4 Å². The highest BCUT2D eigenvalue weighted by atomic mass is 16.2. The number of benzene rings is 2. The maximum absolute atomic E-state index is 12.9. The van der Waals surface area contributed by atoms with Gasteiger partial charge < -0.3 is 11.5 Å². The number of aromatic amines is 1. The molecule has 1 aromatic heterocycles. The standard InChI is InChI=1S/C29H32N8O3/c1-32-24-6-5-15-37(24)25(38)7-3-4-14-29(28-33-34-35-36(28)2)22-12-10-20(26(30)39)16-18(22)8-9-19-17-21(27(31)40)11-13-23(19)29/h10-13,16-17,24H,3-9,14-15H2,2H3,(H4,30,31,39,40)/p+1/t24-/m0/s1. The molecule has 1 saturated heterocycles. The number of aryl methyl sites for hydroxylation is 3. The summed E-state index contributed by atoms with van der Waals surface area (Å²) in [5.41, 5.74) is 15.2. The number of primary amides is 2. The normalized spacial score (nSPS) is 17.4. The number of aromatic nitrogens is 4. The minimum absolute atomic E-state index is 0.0124. The number of carbonyl (C=O) groups is 3. The lowest BCUT2D eigenvalue weighted by atomic mass is 9.68. The van der Waals surface area contributed by atoms with Crippen LogP contribution in [-0.2, 0) is 30.1 Å². The Morgan fingerprint density at radius 2 is 1.70 bits per heavy atom. The molecule has 1 fully saturated rings. The van der Waals surface area contributed by atoms with Crippen LogP contribution >= 0.6 is 0 Å². The van der Waals surface area contributed by atoms with Gasteiger partial charge >= 0.3 is 12.0 Å². The van der Waals surface area contributed by atoms with Crippen molar-refractivity contribution in [3.8, 4) is 0 Å². The smallest absolute Gasteiger partial charge is 0.315 e. The molecule has 5 N–H and O–H groups in total. The number of hydrogen-bond donors (Lipinski definition) is 3. The third-order valence-electron chi connectivity index (χ3n) is 8.28. The molecule has 206 valence electrons. The van der Waals surface area contributed by atoms with Crippen molar-refractivity contribution in [3.63, 3.8) is 0 Å². The van der Waals surface area contributed by atoms with Crippen molar-refractivity contribution < 1.29 is 19.1 Å². The Labute approximate surface area is 232 Å². The van der Waals surface area contributed by atoms with Gasteiger partial charge in [-0.05, 0) is 78.6 Å². The first kappa shape index (κ1) is 27.0. The quantitative estimate of drug-likeness (QED) is 0.225. The molecule has 2 aliphatic rings. The van der Waals surface area contributed by atoms with Gasteiger partial charge in [0.15, 0.2) is 5.21 Å². The minimum atomic E-state index is -0.787. The van der Waals surface area contributed by atoms with Crippen molar-refractivity contribution in [2.75, 3.05) is 6.54 Å². The van der Waals surface area contributed by atoms with Crippen LogP contribution in [0.1, 0.15) is 87.3 Å². The lowest BCUT2D eigenvalue weighted by Crippen LogP contribution is -2.46. The number of H-pyrrole nitrogens is 1. The summed E-state index contributed by atoms with van der Waals surface area (Å²) in [5, 5.41) is 11.5. The van der Waals surface area contributed by atoms with Crippen LogP contribution in [0.5, 0.6) is 0 Å². The number of likely N-dealkylation sites (tertiary alicyclic amines) is 1. The van der Waals surface area contributed by atoms with Crippen molar-refractivity contribution in [2.24, 2.45) is 18.5 Å². The summed E-state index contributed by atoms with van der Waals surface area (Å²) < 4.78 is 1.78. The molecule has 11 heteroatoms. The second-order valence-corrected chi connectivity index (χ2v) is 10.6. The van der Waals surface area contributed by atoms with Crippen molar-refractivity contribution in [3.05, 3.63) is 87.0 Å². The second kappa shape index (κ2) is 10.9. The number of rotatable bonds is 8. The van der Waals surface area contributed by atoms with Gasteiger partial charge in [0.1, 0.15) is 10.5 Å². The van der Waals surface area contributed by atoms with Crippen LogP contribution in [-0.4, -0.2) is 50.9 Å². The molecule has 2 aromatic carbocycles. The molecule has 0 unspecified atom stereocenters. The van der Waals surface area contributed by atoms with E-state index in [9.17, 15) is 14.4 Å². The van der Waals surface area contributed by atoms with Gasteiger partial charge in [0.25, 0.3) is 0 Å². The number of amides is 3. The van der Waals surface area contributed by atoms with E-state index in [1.807, 2.05) is 31.3 Å². The second-order valence-electron chi connectivity index (χ2n) is 10.6. The monoisotopic (exact) mass is 541 g/mol. The number of tetrazole rings is 1. The van der Waals surface area contributed by atoms with Crippen LogP contribution in [0, 0.1) is 6.57 Å². The van der Waals surface area contributed by atoms with Crippen LogP contribution in [0.3, 0.4) is 0 Å². The van der Waals surface area contributed by atoms with Gasteiger partial charge in [-0.25, -0.2) is 6.57 Å². The van der Waals surface area contributed by atoms with E-state index >= 15 is 0 Å². The maximum atomic E-state index is 12.9. The molecule has 1 atom stereocenters. The van der Waals surface area contributed by atoms with Crippen molar-refractivity contribution in [1.82, 2.24) is 20.4 Å². The van der Waals surface area contributed by atoms with E-state index in [1.54, 1.807) is 21.7 Å². The molecule has 3 aromatic rings. The third kappa shape index (κ3) is 4.70. The molecule has 2 heterocycles. The van der Waals surface area contributed by atoms with Crippen LogP contribution in [0.2, 0.25) is 0 Å². The Kier molecular flexibility index (Phi) is 7.34. The zero-order valence-corrected chi connectivity index (χ0v) is 22.5. The van der Waals surface area contributed by atoms with Gasteiger partial charge in [0.05, 0.1) is 7.05 Å². The van der Waals surface area contributed by atoms with Gasteiger partial charge in [-0.3, -0.25) is 24.1 Å². The van der Waals surface area contributed by atoms with E-state index in [0.29, 0.717) is 62.0 Å². The van der Waals surface area contributed by atoms with E-state index in [1.165, 1.54) is 0 Å². The predicted octanol–water partition coefficient (Wildman–Crippen LogP) is 1.69. The van der Waals surface area contributed by atoms with E-state index in [0.717, 1.165) is 35.1 Å². The first-order chi connectivity index (χ1) is 19.3. The Balaban J connectivity index is 1.58. The number of carbonyl (C=O) groups excluding carboxylic acids is 3. The average Bonchev–Trinajstić information content (AvgIpc) is 3.58. The van der Waals surface area contributed by atoms with Crippen molar-refractivity contribution >= 4 is 17.7 Å². The molecule has 0 bridgehead atoms. The average molecular weight is 542 g/mol. The molecule has 1 aliphatic heterocycles. The molecule has 40 heavy (non-hydrogen) atoms. The van der Waals surface area contributed by atoms with Crippen LogP contribution in [0.25, 0.3) is 4.85 Å². The lowest BCUT2D eigenvalue weighted by molar-refractivity contribution is -0.740. The third-order valence-corrected chi connectivity index (χ3v) is 8.28. The van der Waals surface area contributed by atoms with Gasteiger partial charge in [0.2, 0.25) is 17.7 Å². The fourth-order valence-corrected chi connectivity index (χ4v) is 6.38. The molecule has 3 amide bonds. The topological polar surface area (TPSA) is 156 Å². The molecule has 11 nitrogen and oxygen atoms in total. The summed E-state index contributed by atoms with van der Waals surface area (Å²) >= 11 is 0. The fraction of sp³-hybridized carbons (Fsp3) is 0.414. The molecule has 0 radical (unpaired) electrons. The van der Waals surface area contributed by atoms with Gasteiger partial charge in [-0.1, -0.05) is 23.8 Å². The van der Waals surface area contributed by atoms with Crippen LogP contribution < -0.4 is 16.1 Å². The Morgan fingerprint density at radius 1 is 1.07 bits per heavy atom. The Morgan fingerprint density at radius 3 is 2.23 bits per heavy atom. The summed E-state index contributed by atoms with van der Waals surface area (Å²) in [5.74, 6) is -0.319. The highest BCUT2D eigenvalue weighted by molar-refractivity contribution is 5.94. The predicted molar refractivity (Wildman–Crippen MR) is 145 cm³/mol. The van der Waals surface area contributed by atoms with Crippen LogP contribution in [0.15, 0.2) is 36.4 Å². The van der Waals surface area contributed by atoms with E-state index < -0.39 is 17.2 Å². The Hall–Kier alpha value is -4.59. The summed E-state index contributed by atoms with van der Waals surface area (Å²) in [6.45, 7) is 8.03. The number of nitrogens with zero attached hydrogens (tertiary/aromatic N) is 5. The molecule has 0 spiro atoms. The zero-order chi connectivity index (χ0) is 28.4. The summed E-state index contributed by atoms with van der Waals surface area (Å²) in [4.78, 5) is 42.4. The maximum Gasteiger partial charge on any atom is 0.315 e. The zero-order valence-electron chi connectivity index (χ0n) is 22.5. The summed E-state index contributed by atoms with van der Waals surface area (Å²) in [6, 6.07) is 11.0. The summed E-state index contributed by atoms with van der Waals surface area (Å²) in [6.07, 6.45) is 4.75. The van der Waals surface area contributed by atoms with Crippen molar-refractivity contribution in [2.45, 2.75) is 62.9 Å². The Bertz CT molecular complexity index is 1460. The highest BCUT2D eigenvalue weighted by Crippen LogP contribution is 2.47. The first-order valence-electron chi connectivity index (χ1n) is 13.6. The molecule has 1 aliphatic carbocycles. The summed E-state index contributed by atoms with van der Waals surface area (Å²) in [7, 11) is 1.85. The molecular weight excluding hydrogens is 508 g/mol. The first-order valence-corrected chi connectivity index (χ1v) is 13.6. The van der Waals surface area contributed by atoms with Crippen molar-refractivity contribution in [1.29, 1.82) is 0 Å². The molecule has 5 rings (SSSR count). The number of fused-ring (bicyclic) bond motifs is 2. The van der Waals surface area contributed by atoms with E-state index in [-0.39, 0.29) is 12.1 Å². The van der Waals surface area contributed by atoms with E-state index in [4.69, 9.17) is 18.0 Å². The van der Waals surface area contributed by atoms with Gasteiger partial charge in [0, 0.05) is 30.5 Å². The number of nitrogens with one attached hydrogen (secondary N) is 1. The fourth-order valence-electron chi connectivity index (χ4n) is 6.38. The highest BCUT2D eigenvalue weighted by Gasteiger charge is 2.48. The SMILES string of the molecule is [C-]#[N+][C@@H]1CCCN1C(=O)CCCCC1(c2nn[nH][n+]2C)c2ccc(C(N)=O)cc2CCc2cc(C(N)=O)ccc21.